The SMILES string of the molecule is CC[C@H]1O[C@@H](n2cnc3c(N)nc(Cl)nc32)[C@H](S)[C@@H]1O. The van der Waals surface area contributed by atoms with Crippen molar-refractivity contribution in [3.63, 3.8) is 0 Å². The lowest BCUT2D eigenvalue weighted by atomic mass is 10.1. The Balaban J connectivity index is 2.07. The lowest BCUT2D eigenvalue weighted by Crippen LogP contribution is -2.27. The van der Waals surface area contributed by atoms with Crippen molar-refractivity contribution in [3.05, 3.63) is 11.6 Å². The Hall–Kier alpha value is -1.09. The number of nitrogen functional groups attached to an aromatic ring is 1. The summed E-state index contributed by atoms with van der Waals surface area (Å²) in [7, 11) is 0. The van der Waals surface area contributed by atoms with Crippen LogP contribution in [0.15, 0.2) is 6.33 Å². The molecule has 20 heavy (non-hydrogen) atoms. The zero-order valence-electron chi connectivity index (χ0n) is 10.6. The van der Waals surface area contributed by atoms with Gasteiger partial charge in [0.05, 0.1) is 23.8 Å². The second-order valence-corrected chi connectivity index (χ2v) is 5.59. The normalized spacial score (nSPS) is 30.2. The molecule has 0 unspecified atom stereocenters. The number of nitrogens with two attached hydrogens (primary N) is 1. The third-order valence-electron chi connectivity index (χ3n) is 3.43. The average molecular weight is 316 g/mol. The molecule has 2 aromatic rings. The van der Waals surface area contributed by atoms with Gasteiger partial charge in [-0.3, -0.25) is 4.57 Å². The average Bonchev–Trinajstić information content (AvgIpc) is 2.93. The highest BCUT2D eigenvalue weighted by Gasteiger charge is 2.42. The Kier molecular flexibility index (Phi) is 3.49. The number of rotatable bonds is 2. The molecular weight excluding hydrogens is 302 g/mol. The number of fused-ring (bicyclic) bond motifs is 1. The van der Waals surface area contributed by atoms with Crippen LogP contribution in [0.4, 0.5) is 5.82 Å². The van der Waals surface area contributed by atoms with Crippen LogP contribution >= 0.6 is 24.2 Å². The number of aromatic nitrogens is 4. The smallest absolute Gasteiger partial charge is 0.226 e. The lowest BCUT2D eigenvalue weighted by Gasteiger charge is -2.16. The van der Waals surface area contributed by atoms with Crippen LogP contribution in [-0.4, -0.2) is 42.1 Å². The van der Waals surface area contributed by atoms with Crippen molar-refractivity contribution in [2.24, 2.45) is 0 Å². The summed E-state index contributed by atoms with van der Waals surface area (Å²) in [5, 5.41) is 9.75. The van der Waals surface area contributed by atoms with Crippen molar-refractivity contribution < 1.29 is 9.84 Å². The molecule has 3 N–H and O–H groups in total. The van der Waals surface area contributed by atoms with Gasteiger partial charge < -0.3 is 15.6 Å². The van der Waals surface area contributed by atoms with Crippen molar-refractivity contribution in [1.29, 1.82) is 0 Å². The molecule has 4 atom stereocenters. The molecule has 2 aromatic heterocycles. The van der Waals surface area contributed by atoms with Crippen LogP contribution in [0.3, 0.4) is 0 Å². The van der Waals surface area contributed by atoms with Gasteiger partial charge in [0.1, 0.15) is 5.52 Å². The van der Waals surface area contributed by atoms with E-state index < -0.39 is 12.3 Å². The van der Waals surface area contributed by atoms with Gasteiger partial charge in [0.15, 0.2) is 17.7 Å². The van der Waals surface area contributed by atoms with Gasteiger partial charge in [0.25, 0.3) is 0 Å². The minimum absolute atomic E-state index is 0.0399. The van der Waals surface area contributed by atoms with E-state index in [0.717, 1.165) is 0 Å². The molecule has 108 valence electrons. The number of thiol groups is 1. The zero-order valence-corrected chi connectivity index (χ0v) is 12.3. The van der Waals surface area contributed by atoms with E-state index in [4.69, 9.17) is 22.1 Å². The Morgan fingerprint density at radius 2 is 2.30 bits per heavy atom. The van der Waals surface area contributed by atoms with Crippen molar-refractivity contribution in [2.75, 3.05) is 5.73 Å². The third kappa shape index (κ3) is 2.03. The molecule has 0 amide bonds. The largest absolute Gasteiger partial charge is 0.389 e. The van der Waals surface area contributed by atoms with E-state index >= 15 is 0 Å². The summed E-state index contributed by atoms with van der Waals surface area (Å²) in [6.07, 6.45) is 0.841. The van der Waals surface area contributed by atoms with Gasteiger partial charge in [-0.05, 0) is 18.0 Å². The fourth-order valence-corrected chi connectivity index (χ4v) is 2.97. The highest BCUT2D eigenvalue weighted by atomic mass is 35.5. The molecule has 0 saturated carbocycles. The second-order valence-electron chi connectivity index (χ2n) is 4.66. The maximum absolute atomic E-state index is 10.1. The first-order chi connectivity index (χ1) is 9.52. The number of hydrogen-bond acceptors (Lipinski definition) is 7. The van der Waals surface area contributed by atoms with E-state index in [1.54, 1.807) is 10.9 Å². The van der Waals surface area contributed by atoms with Crippen molar-refractivity contribution in [2.45, 2.75) is 37.0 Å². The zero-order chi connectivity index (χ0) is 14.4. The number of imidazole rings is 1. The molecule has 0 aromatic carbocycles. The molecule has 1 aliphatic rings. The molecular formula is C11H14ClN5O2S. The second kappa shape index (κ2) is 5.03. The first-order valence-electron chi connectivity index (χ1n) is 6.20. The molecule has 1 fully saturated rings. The summed E-state index contributed by atoms with van der Waals surface area (Å²) in [6, 6.07) is 0. The number of halogens is 1. The van der Waals surface area contributed by atoms with Crippen LogP contribution in [0.5, 0.6) is 0 Å². The van der Waals surface area contributed by atoms with Gasteiger partial charge in [-0.25, -0.2) is 4.98 Å². The first kappa shape index (κ1) is 13.9. The van der Waals surface area contributed by atoms with Crippen molar-refractivity contribution >= 4 is 41.2 Å². The van der Waals surface area contributed by atoms with Crippen LogP contribution in [0, 0.1) is 0 Å². The van der Waals surface area contributed by atoms with Gasteiger partial charge in [-0.2, -0.15) is 22.6 Å². The van der Waals surface area contributed by atoms with E-state index in [1.165, 1.54) is 0 Å². The molecule has 0 aliphatic carbocycles. The van der Waals surface area contributed by atoms with Crippen molar-refractivity contribution in [3.8, 4) is 0 Å². The number of anilines is 1. The summed E-state index contributed by atoms with van der Waals surface area (Å²) in [4.78, 5) is 12.2. The Morgan fingerprint density at radius 3 is 2.95 bits per heavy atom. The number of ether oxygens (including phenoxy) is 1. The van der Waals surface area contributed by atoms with Crippen molar-refractivity contribution in [1.82, 2.24) is 19.5 Å². The molecule has 0 bridgehead atoms. The van der Waals surface area contributed by atoms with Gasteiger partial charge >= 0.3 is 0 Å². The summed E-state index contributed by atoms with van der Waals surface area (Å²) in [5.74, 6) is 0.208. The van der Waals surface area contributed by atoms with Crippen LogP contribution < -0.4 is 5.73 Å². The summed E-state index contributed by atoms with van der Waals surface area (Å²) < 4.78 is 7.50. The topological polar surface area (TPSA) is 99.1 Å². The predicted octanol–water partition coefficient (Wildman–Crippen LogP) is 1.03. The fraction of sp³-hybridized carbons (Fsp3) is 0.545. The van der Waals surface area contributed by atoms with Gasteiger partial charge in [-0.1, -0.05) is 6.92 Å². The van der Waals surface area contributed by atoms with Crippen LogP contribution in [-0.2, 0) is 4.74 Å². The maximum Gasteiger partial charge on any atom is 0.226 e. The standard InChI is InChI=1S/C11H14ClN5O2S/c1-2-4-6(18)7(20)10(19-4)17-3-14-5-8(13)15-11(12)16-9(5)17/h3-4,6-7,10,18,20H,2H2,1H3,(H2,13,15,16)/t4-,6-,7-,10-/m1/s1. The lowest BCUT2D eigenvalue weighted by molar-refractivity contribution is -0.0180. The minimum Gasteiger partial charge on any atom is -0.389 e. The van der Waals surface area contributed by atoms with Gasteiger partial charge in [0.2, 0.25) is 5.28 Å². The van der Waals surface area contributed by atoms with E-state index in [-0.39, 0.29) is 22.5 Å². The molecule has 1 aliphatic heterocycles. The highest BCUT2D eigenvalue weighted by Crippen LogP contribution is 2.36. The third-order valence-corrected chi connectivity index (χ3v) is 4.16. The molecule has 3 heterocycles. The molecule has 1 saturated heterocycles. The molecule has 7 nitrogen and oxygen atoms in total. The summed E-state index contributed by atoms with van der Waals surface area (Å²) >= 11 is 10.3. The van der Waals surface area contributed by atoms with Crippen LogP contribution in [0.25, 0.3) is 11.2 Å². The summed E-state index contributed by atoms with van der Waals surface area (Å²) in [6.45, 7) is 1.94. The fourth-order valence-electron chi connectivity index (χ4n) is 2.39. The van der Waals surface area contributed by atoms with Crippen LogP contribution in [0.1, 0.15) is 19.6 Å². The Morgan fingerprint density at radius 1 is 1.55 bits per heavy atom. The van der Waals surface area contributed by atoms with Gasteiger partial charge in [-0.15, -0.1) is 0 Å². The quantitative estimate of drug-likeness (QED) is 0.565. The predicted molar refractivity (Wildman–Crippen MR) is 77.7 cm³/mol. The Labute approximate surface area is 125 Å². The number of hydrogen-bond donors (Lipinski definition) is 3. The highest BCUT2D eigenvalue weighted by molar-refractivity contribution is 7.81. The number of aliphatic hydroxyl groups excluding tert-OH is 1. The summed E-state index contributed by atoms with van der Waals surface area (Å²) in [5.41, 5.74) is 6.68. The van der Waals surface area contributed by atoms with E-state index in [0.29, 0.717) is 17.6 Å². The molecule has 0 spiro atoms. The minimum atomic E-state index is -0.652. The van der Waals surface area contributed by atoms with Gasteiger partial charge in [0, 0.05) is 0 Å². The molecule has 3 rings (SSSR count). The maximum atomic E-state index is 10.1. The monoisotopic (exact) mass is 315 g/mol. The first-order valence-corrected chi connectivity index (χ1v) is 7.09. The molecule has 0 radical (unpaired) electrons. The number of nitrogens with zero attached hydrogens (tertiary/aromatic N) is 4. The molecule has 9 heteroatoms. The van der Waals surface area contributed by atoms with Crippen LogP contribution in [0.2, 0.25) is 5.28 Å². The van der Waals surface area contributed by atoms with E-state index in [9.17, 15) is 5.11 Å². The number of aliphatic hydroxyl groups is 1. The van der Waals surface area contributed by atoms with E-state index in [2.05, 4.69) is 27.6 Å². The van der Waals surface area contributed by atoms with E-state index in [1.807, 2.05) is 6.92 Å². The Bertz CT molecular complexity index is 651.